The zero-order valence-corrected chi connectivity index (χ0v) is 19.3. The van der Waals surface area contributed by atoms with Crippen LogP contribution >= 0.6 is 0 Å². The number of benzene rings is 2. The van der Waals surface area contributed by atoms with Crippen LogP contribution in [-0.2, 0) is 6.42 Å². The van der Waals surface area contributed by atoms with E-state index in [-0.39, 0.29) is 12.2 Å². The highest BCUT2D eigenvalue weighted by molar-refractivity contribution is 6.02. The Labute approximate surface area is 185 Å². The largest absolute Gasteiger partial charge is 0.494 e. The molecule has 0 saturated carbocycles. The molecule has 0 fully saturated rings. The number of carbonyl (C=O) groups excluding carboxylic acids is 1. The molecule has 0 aliphatic rings. The first kappa shape index (κ1) is 24.4. The zero-order chi connectivity index (χ0) is 22.6. The molecular formula is C25H34O6. The van der Waals surface area contributed by atoms with Crippen molar-refractivity contribution < 1.29 is 28.5 Å². The van der Waals surface area contributed by atoms with Gasteiger partial charge in [-0.15, -0.1) is 0 Å². The second kappa shape index (κ2) is 12.7. The number of hydrogen-bond acceptors (Lipinski definition) is 6. The van der Waals surface area contributed by atoms with Gasteiger partial charge in [0.1, 0.15) is 22.8 Å². The van der Waals surface area contributed by atoms with Crippen LogP contribution in [0.4, 0.5) is 0 Å². The SMILES string of the molecule is CCOc1ccc(OCC)c(CCC(=O)c2c(OCC)ccc(OCC)c2OCC)c1. The summed E-state index contributed by atoms with van der Waals surface area (Å²) in [7, 11) is 0. The second-order valence-corrected chi connectivity index (χ2v) is 6.62. The van der Waals surface area contributed by atoms with Crippen molar-refractivity contribution in [2.24, 2.45) is 0 Å². The molecule has 0 amide bonds. The van der Waals surface area contributed by atoms with Crippen molar-refractivity contribution in [2.75, 3.05) is 33.0 Å². The monoisotopic (exact) mass is 430 g/mol. The van der Waals surface area contributed by atoms with E-state index < -0.39 is 0 Å². The Hall–Kier alpha value is -2.89. The molecular weight excluding hydrogens is 396 g/mol. The number of Topliss-reactive ketones (excluding diaryl/α,β-unsaturated/α-hetero) is 1. The number of ether oxygens (including phenoxy) is 5. The second-order valence-electron chi connectivity index (χ2n) is 6.62. The van der Waals surface area contributed by atoms with E-state index >= 15 is 0 Å². The van der Waals surface area contributed by atoms with Gasteiger partial charge in [0.2, 0.25) is 0 Å². The Morgan fingerprint density at radius 3 is 1.87 bits per heavy atom. The molecule has 2 aromatic rings. The minimum atomic E-state index is -0.0716. The van der Waals surface area contributed by atoms with Gasteiger partial charge in [-0.25, -0.2) is 0 Å². The fourth-order valence-corrected chi connectivity index (χ4v) is 3.32. The summed E-state index contributed by atoms with van der Waals surface area (Å²) in [6.07, 6.45) is 0.774. The van der Waals surface area contributed by atoms with Gasteiger partial charge in [0.05, 0.1) is 33.0 Å². The first-order valence-electron chi connectivity index (χ1n) is 11.1. The number of rotatable bonds is 14. The molecule has 0 bridgehead atoms. The fourth-order valence-electron chi connectivity index (χ4n) is 3.32. The summed E-state index contributed by atoms with van der Waals surface area (Å²) >= 11 is 0. The quantitative estimate of drug-likeness (QED) is 0.369. The summed E-state index contributed by atoms with van der Waals surface area (Å²) in [4.78, 5) is 13.4. The molecule has 170 valence electrons. The minimum absolute atomic E-state index is 0.0716. The first-order chi connectivity index (χ1) is 15.1. The minimum Gasteiger partial charge on any atom is -0.494 e. The predicted molar refractivity (Wildman–Crippen MR) is 121 cm³/mol. The Bertz CT molecular complexity index is 846. The molecule has 0 atom stereocenters. The van der Waals surface area contributed by atoms with Gasteiger partial charge in [-0.05, 0) is 76.9 Å². The predicted octanol–water partition coefficient (Wildman–Crippen LogP) is 5.50. The third-order valence-corrected chi connectivity index (χ3v) is 4.51. The van der Waals surface area contributed by atoms with E-state index in [0.29, 0.717) is 62.3 Å². The van der Waals surface area contributed by atoms with Gasteiger partial charge in [-0.1, -0.05) is 0 Å². The maximum absolute atomic E-state index is 13.4. The van der Waals surface area contributed by atoms with Crippen LogP contribution in [0.5, 0.6) is 28.7 Å². The fraction of sp³-hybridized carbons (Fsp3) is 0.480. The molecule has 0 unspecified atom stereocenters. The molecule has 0 heterocycles. The number of aryl methyl sites for hydroxylation is 1. The third-order valence-electron chi connectivity index (χ3n) is 4.51. The average molecular weight is 431 g/mol. The first-order valence-corrected chi connectivity index (χ1v) is 11.1. The molecule has 6 nitrogen and oxygen atoms in total. The molecule has 0 N–H and O–H groups in total. The summed E-state index contributed by atoms with van der Waals surface area (Å²) in [5.41, 5.74) is 1.35. The average Bonchev–Trinajstić information content (AvgIpc) is 2.76. The highest BCUT2D eigenvalue weighted by Crippen LogP contribution is 2.39. The molecule has 6 heteroatoms. The van der Waals surface area contributed by atoms with Gasteiger partial charge in [0.25, 0.3) is 0 Å². The van der Waals surface area contributed by atoms with Crippen molar-refractivity contribution in [3.63, 3.8) is 0 Å². The van der Waals surface area contributed by atoms with E-state index in [9.17, 15) is 4.79 Å². The zero-order valence-electron chi connectivity index (χ0n) is 19.3. The molecule has 0 radical (unpaired) electrons. The van der Waals surface area contributed by atoms with Crippen LogP contribution in [0.2, 0.25) is 0 Å². The van der Waals surface area contributed by atoms with Gasteiger partial charge in [0.15, 0.2) is 17.3 Å². The van der Waals surface area contributed by atoms with E-state index in [4.69, 9.17) is 23.7 Å². The van der Waals surface area contributed by atoms with Gasteiger partial charge < -0.3 is 23.7 Å². The summed E-state index contributed by atoms with van der Waals surface area (Å²) in [5.74, 6) is 2.94. The van der Waals surface area contributed by atoms with Crippen molar-refractivity contribution in [3.8, 4) is 28.7 Å². The molecule has 2 rings (SSSR count). The standard InChI is InChI=1S/C25H34O6/c1-6-27-19-12-14-21(28-7-2)18(17-19)11-13-20(26)24-22(29-8-3)15-16-23(30-9-4)25(24)31-10-5/h12,14-17H,6-11,13H2,1-5H3. The summed E-state index contributed by atoms with van der Waals surface area (Å²) in [6, 6.07) is 9.26. The lowest BCUT2D eigenvalue weighted by molar-refractivity contribution is 0.0973. The number of ketones is 1. The van der Waals surface area contributed by atoms with Crippen molar-refractivity contribution >= 4 is 5.78 Å². The van der Waals surface area contributed by atoms with Crippen molar-refractivity contribution in [2.45, 2.75) is 47.5 Å². The van der Waals surface area contributed by atoms with Gasteiger partial charge in [-0.3, -0.25) is 4.79 Å². The third kappa shape index (κ3) is 6.54. The molecule has 0 saturated heterocycles. The number of carbonyl (C=O) groups is 1. The molecule has 0 aromatic heterocycles. The van der Waals surface area contributed by atoms with Crippen LogP contribution in [0.15, 0.2) is 30.3 Å². The lowest BCUT2D eigenvalue weighted by Crippen LogP contribution is -2.11. The van der Waals surface area contributed by atoms with Crippen LogP contribution in [0, 0.1) is 0 Å². The summed E-state index contributed by atoms with van der Waals surface area (Å²) < 4.78 is 28.6. The van der Waals surface area contributed by atoms with E-state index in [1.54, 1.807) is 12.1 Å². The van der Waals surface area contributed by atoms with Crippen molar-refractivity contribution in [3.05, 3.63) is 41.5 Å². The van der Waals surface area contributed by atoms with E-state index in [1.807, 2.05) is 52.8 Å². The Balaban J connectivity index is 2.36. The maximum atomic E-state index is 13.4. The lowest BCUT2D eigenvalue weighted by Gasteiger charge is -2.18. The summed E-state index contributed by atoms with van der Waals surface area (Å²) in [5, 5.41) is 0. The van der Waals surface area contributed by atoms with E-state index in [1.165, 1.54) is 0 Å². The van der Waals surface area contributed by atoms with Crippen LogP contribution in [0.3, 0.4) is 0 Å². The van der Waals surface area contributed by atoms with E-state index in [2.05, 4.69) is 0 Å². The normalized spacial score (nSPS) is 10.5. The van der Waals surface area contributed by atoms with E-state index in [0.717, 1.165) is 17.1 Å². The molecule has 0 aliphatic heterocycles. The van der Waals surface area contributed by atoms with Crippen LogP contribution < -0.4 is 23.7 Å². The number of hydrogen-bond donors (Lipinski definition) is 0. The molecule has 0 spiro atoms. The van der Waals surface area contributed by atoms with Crippen molar-refractivity contribution in [1.29, 1.82) is 0 Å². The van der Waals surface area contributed by atoms with Gasteiger partial charge in [0, 0.05) is 6.42 Å². The lowest BCUT2D eigenvalue weighted by atomic mass is 10.00. The van der Waals surface area contributed by atoms with Crippen LogP contribution in [0.1, 0.15) is 57.0 Å². The molecule has 2 aromatic carbocycles. The van der Waals surface area contributed by atoms with Gasteiger partial charge >= 0.3 is 0 Å². The van der Waals surface area contributed by atoms with Crippen LogP contribution in [0.25, 0.3) is 0 Å². The van der Waals surface area contributed by atoms with Crippen molar-refractivity contribution in [1.82, 2.24) is 0 Å². The van der Waals surface area contributed by atoms with Crippen LogP contribution in [-0.4, -0.2) is 38.8 Å². The Kier molecular flexibility index (Phi) is 10.0. The maximum Gasteiger partial charge on any atom is 0.175 e. The topological polar surface area (TPSA) is 63.2 Å². The molecule has 31 heavy (non-hydrogen) atoms. The Morgan fingerprint density at radius 2 is 1.23 bits per heavy atom. The van der Waals surface area contributed by atoms with Gasteiger partial charge in [-0.2, -0.15) is 0 Å². The smallest absolute Gasteiger partial charge is 0.175 e. The summed E-state index contributed by atoms with van der Waals surface area (Å²) in [6.45, 7) is 12.0. The Morgan fingerprint density at radius 1 is 0.677 bits per heavy atom. The highest BCUT2D eigenvalue weighted by atomic mass is 16.5. The molecule has 0 aliphatic carbocycles. The highest BCUT2D eigenvalue weighted by Gasteiger charge is 2.23.